The molecule has 1 N–H and O–H groups in total. The largest absolute Gasteiger partial charge is 0.478 e. The monoisotopic (exact) mass is 313 g/mol. The second-order valence-corrected chi connectivity index (χ2v) is 6.44. The maximum absolute atomic E-state index is 12.4. The van der Waals surface area contributed by atoms with Gasteiger partial charge in [-0.15, -0.1) is 0 Å². The summed E-state index contributed by atoms with van der Waals surface area (Å²) in [6.45, 7) is 4.24. The number of benzene rings is 1. The molecule has 1 aromatic carbocycles. The summed E-state index contributed by atoms with van der Waals surface area (Å²) < 4.78 is 5.41. The van der Waals surface area contributed by atoms with Crippen LogP contribution in [0.3, 0.4) is 0 Å². The van der Waals surface area contributed by atoms with Gasteiger partial charge in [0, 0.05) is 12.8 Å². The van der Waals surface area contributed by atoms with Crippen LogP contribution >= 0.6 is 0 Å². The molecular formula is C18H19NO4. The van der Waals surface area contributed by atoms with Gasteiger partial charge in [-0.2, -0.15) is 0 Å². The van der Waals surface area contributed by atoms with Crippen LogP contribution in [0.1, 0.15) is 58.0 Å². The molecular weight excluding hydrogens is 294 g/mol. The van der Waals surface area contributed by atoms with Gasteiger partial charge in [-0.25, -0.2) is 4.79 Å². The normalized spacial score (nSPS) is 17.3. The Kier molecular flexibility index (Phi) is 4.03. The lowest BCUT2D eigenvalue weighted by Crippen LogP contribution is -2.24. The molecule has 1 aliphatic rings. The van der Waals surface area contributed by atoms with Crippen LogP contribution in [0.4, 0.5) is 0 Å². The molecule has 1 aliphatic carbocycles. The number of carbonyl (C=O) groups is 2. The fourth-order valence-corrected chi connectivity index (χ4v) is 3.02. The summed E-state index contributed by atoms with van der Waals surface area (Å²) in [5.41, 5.74) is 2.53. The van der Waals surface area contributed by atoms with Gasteiger partial charge in [0.25, 0.3) is 0 Å². The summed E-state index contributed by atoms with van der Waals surface area (Å²) in [7, 11) is 0. The van der Waals surface area contributed by atoms with Crippen molar-refractivity contribution in [3.05, 3.63) is 52.4 Å². The van der Waals surface area contributed by atoms with Crippen LogP contribution in [0.2, 0.25) is 0 Å². The maximum Gasteiger partial charge on any atom is 0.335 e. The van der Waals surface area contributed by atoms with Crippen LogP contribution in [-0.4, -0.2) is 22.0 Å². The third-order valence-electron chi connectivity index (χ3n) is 4.52. The molecule has 5 heteroatoms. The fraction of sp³-hybridized carbons (Fsp3) is 0.389. The van der Waals surface area contributed by atoms with Crippen LogP contribution in [-0.2, 0) is 12.8 Å². The van der Waals surface area contributed by atoms with E-state index in [9.17, 15) is 9.59 Å². The van der Waals surface area contributed by atoms with Crippen molar-refractivity contribution in [3.8, 4) is 0 Å². The van der Waals surface area contributed by atoms with Crippen LogP contribution < -0.4 is 0 Å². The van der Waals surface area contributed by atoms with Crippen molar-refractivity contribution in [2.45, 2.75) is 33.1 Å². The average Bonchev–Trinajstić information content (AvgIpc) is 2.91. The van der Waals surface area contributed by atoms with E-state index in [1.165, 1.54) is 0 Å². The summed E-state index contributed by atoms with van der Waals surface area (Å²) in [6, 6.07) is 6.58. The third kappa shape index (κ3) is 3.04. The highest BCUT2D eigenvalue weighted by atomic mass is 16.5. The highest BCUT2D eigenvalue weighted by Crippen LogP contribution is 2.32. The van der Waals surface area contributed by atoms with E-state index in [0.29, 0.717) is 36.0 Å². The Morgan fingerprint density at radius 3 is 2.61 bits per heavy atom. The summed E-state index contributed by atoms with van der Waals surface area (Å²) in [4.78, 5) is 23.3. The number of carboxylic acid groups (broad SMARTS) is 1. The predicted molar refractivity (Wildman–Crippen MR) is 83.7 cm³/mol. The summed E-state index contributed by atoms with van der Waals surface area (Å²) in [5.74, 6) is 0.487. The molecule has 3 rings (SSSR count). The van der Waals surface area contributed by atoms with Crippen LogP contribution in [0.25, 0.3) is 0 Å². The number of Topliss-reactive ketones (excluding diaryl/α,β-unsaturated/α-hetero) is 1. The molecule has 0 fully saturated rings. The lowest BCUT2D eigenvalue weighted by atomic mass is 9.79. The first-order chi connectivity index (χ1) is 11.0. The first-order valence-corrected chi connectivity index (χ1v) is 7.78. The zero-order valence-electron chi connectivity index (χ0n) is 13.2. The molecule has 120 valence electrons. The Balaban J connectivity index is 1.83. The third-order valence-corrected chi connectivity index (χ3v) is 4.52. The zero-order valence-corrected chi connectivity index (χ0v) is 13.2. The summed E-state index contributed by atoms with van der Waals surface area (Å²) in [5, 5.41) is 13.0. The minimum absolute atomic E-state index is 0.100. The molecule has 5 nitrogen and oxygen atoms in total. The minimum atomic E-state index is -0.955. The molecule has 0 spiro atoms. The van der Waals surface area contributed by atoms with E-state index in [1.54, 1.807) is 24.3 Å². The number of aromatic carboxylic acids is 1. The van der Waals surface area contributed by atoms with E-state index in [0.717, 1.165) is 17.7 Å². The Hall–Kier alpha value is -2.43. The number of hydrogen-bond acceptors (Lipinski definition) is 4. The van der Waals surface area contributed by atoms with Gasteiger partial charge in [0.05, 0.1) is 16.8 Å². The van der Waals surface area contributed by atoms with Crippen molar-refractivity contribution >= 4 is 11.8 Å². The molecule has 1 heterocycles. The zero-order chi connectivity index (χ0) is 16.6. The van der Waals surface area contributed by atoms with E-state index in [1.807, 2.05) is 0 Å². The van der Waals surface area contributed by atoms with Crippen LogP contribution in [0, 0.1) is 11.8 Å². The summed E-state index contributed by atoms with van der Waals surface area (Å²) >= 11 is 0. The van der Waals surface area contributed by atoms with Crippen molar-refractivity contribution in [1.29, 1.82) is 0 Å². The summed E-state index contributed by atoms with van der Waals surface area (Å²) in [6.07, 6.45) is 1.76. The number of nitrogens with zero attached hydrogens (tertiary/aromatic N) is 1. The molecule has 0 bridgehead atoms. The van der Waals surface area contributed by atoms with Gasteiger partial charge >= 0.3 is 5.97 Å². The van der Waals surface area contributed by atoms with Crippen molar-refractivity contribution in [3.63, 3.8) is 0 Å². The second kappa shape index (κ2) is 5.99. The fourth-order valence-electron chi connectivity index (χ4n) is 3.02. The Labute approximate surface area is 134 Å². The molecule has 1 unspecified atom stereocenters. The highest BCUT2D eigenvalue weighted by molar-refractivity contribution is 5.99. The standard InChI is InChI=1S/C18H19NO4/c1-10(2)13-8-14-17(15(20)9-13)16(23-19-14)7-11-3-5-12(6-4-11)18(21)22/h3-6,10,13H,7-9H2,1-2H3,(H,21,22). The highest BCUT2D eigenvalue weighted by Gasteiger charge is 2.32. The minimum Gasteiger partial charge on any atom is -0.478 e. The number of rotatable bonds is 4. The van der Waals surface area contributed by atoms with Crippen molar-refractivity contribution < 1.29 is 19.2 Å². The average molecular weight is 313 g/mol. The first kappa shape index (κ1) is 15.5. The van der Waals surface area contributed by atoms with E-state index in [-0.39, 0.29) is 11.3 Å². The first-order valence-electron chi connectivity index (χ1n) is 7.78. The molecule has 0 aliphatic heterocycles. The van der Waals surface area contributed by atoms with Crippen LogP contribution in [0.15, 0.2) is 28.8 Å². The van der Waals surface area contributed by atoms with Gasteiger partial charge in [-0.1, -0.05) is 31.1 Å². The van der Waals surface area contributed by atoms with Gasteiger partial charge < -0.3 is 9.63 Å². The molecule has 0 radical (unpaired) electrons. The van der Waals surface area contributed by atoms with Crippen molar-refractivity contribution in [2.24, 2.45) is 11.8 Å². The predicted octanol–water partition coefficient (Wildman–Crippen LogP) is 3.36. The van der Waals surface area contributed by atoms with Gasteiger partial charge in [0.2, 0.25) is 0 Å². The van der Waals surface area contributed by atoms with Crippen molar-refractivity contribution in [2.75, 3.05) is 0 Å². The van der Waals surface area contributed by atoms with E-state index in [4.69, 9.17) is 9.63 Å². The molecule has 2 aromatic rings. The number of ketones is 1. The topological polar surface area (TPSA) is 80.4 Å². The number of fused-ring (bicyclic) bond motifs is 1. The SMILES string of the molecule is CC(C)C1CC(=O)c2c(noc2Cc2ccc(C(=O)O)cc2)C1. The van der Waals surface area contributed by atoms with E-state index in [2.05, 4.69) is 19.0 Å². The van der Waals surface area contributed by atoms with Gasteiger partial charge in [-0.05, 0) is 36.0 Å². The maximum atomic E-state index is 12.4. The Morgan fingerprint density at radius 1 is 1.30 bits per heavy atom. The van der Waals surface area contributed by atoms with Crippen molar-refractivity contribution in [1.82, 2.24) is 5.16 Å². The second-order valence-electron chi connectivity index (χ2n) is 6.44. The van der Waals surface area contributed by atoms with Gasteiger partial charge in [-0.3, -0.25) is 4.79 Å². The Bertz CT molecular complexity index is 743. The van der Waals surface area contributed by atoms with Gasteiger partial charge in [0.15, 0.2) is 11.5 Å². The van der Waals surface area contributed by atoms with E-state index >= 15 is 0 Å². The quantitative estimate of drug-likeness (QED) is 0.936. The van der Waals surface area contributed by atoms with Gasteiger partial charge in [0.1, 0.15) is 0 Å². The molecule has 1 atom stereocenters. The number of carboxylic acids is 1. The molecule has 0 saturated heterocycles. The smallest absolute Gasteiger partial charge is 0.335 e. The van der Waals surface area contributed by atoms with Crippen LogP contribution in [0.5, 0.6) is 0 Å². The molecule has 0 amide bonds. The number of carbonyl (C=O) groups excluding carboxylic acids is 1. The Morgan fingerprint density at radius 2 is 2.00 bits per heavy atom. The lowest BCUT2D eigenvalue weighted by molar-refractivity contribution is 0.0696. The molecule has 23 heavy (non-hydrogen) atoms. The number of hydrogen-bond donors (Lipinski definition) is 1. The van der Waals surface area contributed by atoms with E-state index < -0.39 is 5.97 Å². The number of aromatic nitrogens is 1. The molecule has 1 aromatic heterocycles. The lowest BCUT2D eigenvalue weighted by Gasteiger charge is -2.23. The molecule has 0 saturated carbocycles.